The molecule has 0 spiro atoms. The van der Waals surface area contributed by atoms with Gasteiger partial charge in [-0.25, -0.2) is 0 Å². The van der Waals surface area contributed by atoms with Crippen LogP contribution in [0, 0.1) is 0 Å². The van der Waals surface area contributed by atoms with Crippen molar-refractivity contribution in [2.75, 3.05) is 19.6 Å². The molecule has 0 amide bonds. The van der Waals surface area contributed by atoms with Gasteiger partial charge < -0.3 is 4.74 Å². The smallest absolute Gasteiger partial charge is 0.206 e. The summed E-state index contributed by atoms with van der Waals surface area (Å²) in [6.45, 7) is 0. The summed E-state index contributed by atoms with van der Waals surface area (Å²) in [5, 5.41) is 0.0332. The van der Waals surface area contributed by atoms with Crippen molar-refractivity contribution >= 4 is 33.0 Å². The van der Waals surface area contributed by atoms with Gasteiger partial charge in [0.25, 0.3) is 0 Å². The van der Waals surface area contributed by atoms with Crippen molar-refractivity contribution in [1.82, 2.24) is 0 Å². The first kappa shape index (κ1) is 12.5. The van der Waals surface area contributed by atoms with Gasteiger partial charge in [-0.1, -0.05) is 18.0 Å². The number of hydrogen-bond donors (Lipinski definition) is 0. The number of hydrogen-bond acceptors (Lipinski definition) is 2. The summed E-state index contributed by atoms with van der Waals surface area (Å²) in [5.74, 6) is 4.65. The molecule has 84 valence electrons. The van der Waals surface area contributed by atoms with Crippen LogP contribution in [0.4, 0.5) is 0 Å². The number of rotatable bonds is 2. The summed E-state index contributed by atoms with van der Waals surface area (Å²) in [4.78, 5) is 12.1. The molecule has 0 aliphatic rings. The first-order chi connectivity index (χ1) is 6.71. The Morgan fingerprint density at radius 1 is 1.47 bits per heavy atom. The Bertz CT molecular complexity index is 448. The summed E-state index contributed by atoms with van der Waals surface area (Å²) in [5.41, 5.74) is 0.633. The van der Waals surface area contributed by atoms with Gasteiger partial charge >= 0.3 is 0 Å². The van der Waals surface area contributed by atoms with Crippen molar-refractivity contribution in [2.24, 2.45) is 0 Å². The van der Waals surface area contributed by atoms with Crippen LogP contribution in [0.5, 0.6) is 5.75 Å². The SMILES string of the molecule is C=S(C)(C)(Br)C(=O)c1cccc(OC)c1. The first-order valence-corrected chi connectivity index (χ1v) is 9.22. The van der Waals surface area contributed by atoms with E-state index < -0.39 is 7.18 Å². The number of carbonyl (C=O) groups excluding carboxylic acids is 1. The third kappa shape index (κ3) is 3.18. The fourth-order valence-electron chi connectivity index (χ4n) is 1.11. The summed E-state index contributed by atoms with van der Waals surface area (Å²) in [6.07, 6.45) is 3.69. The molecular formula is C11H15BrO2S. The summed E-state index contributed by atoms with van der Waals surface area (Å²) >= 11 is 3.44. The highest BCUT2D eigenvalue weighted by molar-refractivity contribution is 9.63. The summed E-state index contributed by atoms with van der Waals surface area (Å²) in [7, 11) is -0.807. The van der Waals surface area contributed by atoms with E-state index in [4.69, 9.17) is 4.74 Å². The lowest BCUT2D eigenvalue weighted by molar-refractivity contribution is 0.108. The van der Waals surface area contributed by atoms with Crippen molar-refractivity contribution < 1.29 is 9.53 Å². The van der Waals surface area contributed by atoms with Crippen LogP contribution in [0.3, 0.4) is 0 Å². The zero-order valence-electron chi connectivity index (χ0n) is 9.12. The monoisotopic (exact) mass is 290 g/mol. The Balaban J connectivity index is 3.19. The first-order valence-electron chi connectivity index (χ1n) is 4.35. The Hall–Kier alpha value is -0.610. The zero-order valence-corrected chi connectivity index (χ0v) is 11.5. The second-order valence-electron chi connectivity index (χ2n) is 4.05. The normalized spacial score (nSPS) is 14.0. The number of carbonyl (C=O) groups is 1. The van der Waals surface area contributed by atoms with E-state index in [2.05, 4.69) is 20.7 Å². The summed E-state index contributed by atoms with van der Waals surface area (Å²) in [6, 6.07) is 7.13. The van der Waals surface area contributed by atoms with E-state index in [-0.39, 0.29) is 5.12 Å². The highest BCUT2D eigenvalue weighted by Crippen LogP contribution is 2.59. The lowest BCUT2D eigenvalue weighted by atomic mass is 10.2. The van der Waals surface area contributed by atoms with E-state index in [1.807, 2.05) is 18.6 Å². The maximum atomic E-state index is 12.1. The minimum absolute atomic E-state index is 0.0332. The van der Waals surface area contributed by atoms with Gasteiger partial charge in [0.1, 0.15) is 5.75 Å². The molecule has 1 aromatic carbocycles. The molecule has 1 aromatic rings. The molecule has 0 saturated carbocycles. The van der Waals surface area contributed by atoms with Crippen molar-refractivity contribution in [1.29, 1.82) is 0 Å². The molecule has 0 heterocycles. The van der Waals surface area contributed by atoms with Crippen LogP contribution in [0.2, 0.25) is 0 Å². The van der Waals surface area contributed by atoms with Gasteiger partial charge in [0.15, 0.2) is 0 Å². The molecule has 0 bridgehead atoms. The van der Waals surface area contributed by atoms with Crippen LogP contribution in [0.25, 0.3) is 0 Å². The fraction of sp³-hybridized carbons (Fsp3) is 0.273. The average molecular weight is 291 g/mol. The molecule has 15 heavy (non-hydrogen) atoms. The minimum Gasteiger partial charge on any atom is -0.497 e. The molecule has 0 fully saturated rings. The Morgan fingerprint density at radius 2 is 2.07 bits per heavy atom. The third-order valence-electron chi connectivity index (χ3n) is 1.88. The van der Waals surface area contributed by atoms with Crippen LogP contribution in [0.1, 0.15) is 10.4 Å². The van der Waals surface area contributed by atoms with Crippen LogP contribution in [0.15, 0.2) is 24.3 Å². The molecule has 0 N–H and O–H groups in total. The van der Waals surface area contributed by atoms with E-state index in [9.17, 15) is 4.79 Å². The highest BCUT2D eigenvalue weighted by Gasteiger charge is 2.25. The molecule has 0 unspecified atom stereocenters. The average Bonchev–Trinajstić information content (AvgIpc) is 2.14. The molecular weight excluding hydrogens is 276 g/mol. The van der Waals surface area contributed by atoms with Gasteiger partial charge in [-0.3, -0.25) is 4.79 Å². The molecule has 2 nitrogen and oxygen atoms in total. The number of halogens is 1. The molecule has 0 atom stereocenters. The molecule has 4 heteroatoms. The van der Waals surface area contributed by atoms with E-state index in [0.29, 0.717) is 11.3 Å². The highest BCUT2D eigenvalue weighted by atomic mass is 79.9. The van der Waals surface area contributed by atoms with Gasteiger partial charge in [-0.15, -0.1) is 7.18 Å². The Kier molecular flexibility index (Phi) is 3.12. The van der Waals surface area contributed by atoms with E-state index >= 15 is 0 Å². The van der Waals surface area contributed by atoms with Crippen molar-refractivity contribution in [2.45, 2.75) is 0 Å². The van der Waals surface area contributed by atoms with Gasteiger partial charge in [-0.2, -0.15) is 0 Å². The quantitative estimate of drug-likeness (QED) is 0.782. The largest absolute Gasteiger partial charge is 0.497 e. The molecule has 0 aromatic heterocycles. The standard InChI is InChI=1S/C11H15BrO2S/c1-14-10-7-5-6-9(8-10)11(13)15(2,3,4)12/h5-8H,2H2,1,3-4H3. The predicted octanol–water partition coefficient (Wildman–Crippen LogP) is 3.18. The maximum Gasteiger partial charge on any atom is 0.206 e. The topological polar surface area (TPSA) is 26.3 Å². The Morgan fingerprint density at radius 3 is 2.53 bits per heavy atom. The van der Waals surface area contributed by atoms with Crippen LogP contribution < -0.4 is 4.74 Å². The molecule has 0 saturated heterocycles. The predicted molar refractivity (Wildman–Crippen MR) is 72.8 cm³/mol. The van der Waals surface area contributed by atoms with E-state index in [0.717, 1.165) is 0 Å². The summed E-state index contributed by atoms with van der Waals surface area (Å²) < 4.78 is 5.07. The fourth-order valence-corrected chi connectivity index (χ4v) is 2.53. The number of methoxy groups -OCH3 is 1. The molecule has 0 aliphatic heterocycles. The van der Waals surface area contributed by atoms with Crippen molar-refractivity contribution in [3.8, 4) is 5.75 Å². The third-order valence-corrected chi connectivity index (χ3v) is 4.14. The second-order valence-corrected chi connectivity index (χ2v) is 14.7. The van der Waals surface area contributed by atoms with Gasteiger partial charge in [-0.05, 0) is 39.5 Å². The number of benzene rings is 1. The second kappa shape index (κ2) is 3.76. The van der Waals surface area contributed by atoms with Crippen LogP contribution in [-0.2, 0) is 0 Å². The van der Waals surface area contributed by atoms with Gasteiger partial charge in [0.2, 0.25) is 5.12 Å². The lowest BCUT2D eigenvalue weighted by Crippen LogP contribution is -2.10. The minimum atomic E-state index is -2.39. The van der Waals surface area contributed by atoms with Gasteiger partial charge in [0.05, 0.1) is 7.11 Å². The lowest BCUT2D eigenvalue weighted by Gasteiger charge is -2.30. The number of ether oxygens (including phenoxy) is 1. The zero-order chi connectivity index (χ0) is 11.7. The van der Waals surface area contributed by atoms with Crippen LogP contribution in [-0.4, -0.2) is 30.6 Å². The molecule has 0 aliphatic carbocycles. The van der Waals surface area contributed by atoms with Gasteiger partial charge in [0, 0.05) is 5.56 Å². The molecule has 0 radical (unpaired) electrons. The molecule has 1 rings (SSSR count). The maximum absolute atomic E-state index is 12.1. The Labute approximate surface area is 97.7 Å². The van der Waals surface area contributed by atoms with E-state index in [1.165, 1.54) is 0 Å². The van der Waals surface area contributed by atoms with E-state index in [1.54, 1.807) is 25.3 Å². The van der Waals surface area contributed by atoms with Crippen molar-refractivity contribution in [3.05, 3.63) is 29.8 Å². The van der Waals surface area contributed by atoms with Crippen LogP contribution >= 0.6 is 22.0 Å². The van der Waals surface area contributed by atoms with Crippen molar-refractivity contribution in [3.63, 3.8) is 0 Å².